The van der Waals surface area contributed by atoms with Crippen molar-refractivity contribution in [3.63, 3.8) is 0 Å². The first-order valence-corrected chi connectivity index (χ1v) is 6.57. The molecule has 0 spiro atoms. The number of esters is 1. The van der Waals surface area contributed by atoms with Crippen molar-refractivity contribution in [3.05, 3.63) is 0 Å². The van der Waals surface area contributed by atoms with Crippen LogP contribution in [-0.2, 0) is 14.3 Å². The lowest BCUT2D eigenvalue weighted by molar-refractivity contribution is -0.152. The highest BCUT2D eigenvalue weighted by atomic mass is 16.5. The van der Waals surface area contributed by atoms with Crippen LogP contribution in [0.1, 0.15) is 33.6 Å². The van der Waals surface area contributed by atoms with Crippen molar-refractivity contribution < 1.29 is 14.3 Å². The predicted octanol–water partition coefficient (Wildman–Crippen LogP) is 0.786. The van der Waals surface area contributed by atoms with Crippen LogP contribution in [0.15, 0.2) is 0 Å². The summed E-state index contributed by atoms with van der Waals surface area (Å²) in [7, 11) is 1.78. The van der Waals surface area contributed by atoms with Crippen LogP contribution in [-0.4, -0.2) is 49.1 Å². The van der Waals surface area contributed by atoms with Gasteiger partial charge in [-0.25, -0.2) is 0 Å². The first kappa shape index (κ1) is 15.0. The predicted molar refractivity (Wildman–Crippen MR) is 69.1 cm³/mol. The van der Waals surface area contributed by atoms with E-state index in [1.54, 1.807) is 7.05 Å². The number of nitrogens with zero attached hydrogens (tertiary/aromatic N) is 1. The minimum atomic E-state index is -0.545. The summed E-state index contributed by atoms with van der Waals surface area (Å²) in [4.78, 5) is 25.6. The molecule has 0 atom stereocenters. The molecule has 1 saturated heterocycles. The molecule has 0 radical (unpaired) electrons. The summed E-state index contributed by atoms with van der Waals surface area (Å²) in [5.74, 6) is -0.0866. The second kappa shape index (κ2) is 6.18. The van der Waals surface area contributed by atoms with Gasteiger partial charge in [0.1, 0.15) is 0 Å². The smallest absolute Gasteiger partial charge is 0.309 e. The van der Waals surface area contributed by atoms with Crippen molar-refractivity contribution in [2.75, 3.05) is 26.7 Å². The van der Waals surface area contributed by atoms with Gasteiger partial charge in [-0.2, -0.15) is 0 Å². The fourth-order valence-corrected chi connectivity index (χ4v) is 2.08. The molecule has 0 unspecified atom stereocenters. The molecule has 18 heavy (non-hydrogen) atoms. The van der Waals surface area contributed by atoms with Crippen molar-refractivity contribution in [3.8, 4) is 0 Å². The minimum absolute atomic E-state index is 0.0494. The van der Waals surface area contributed by atoms with E-state index in [9.17, 15) is 9.59 Å². The number of piperidine rings is 1. The van der Waals surface area contributed by atoms with Gasteiger partial charge in [0.25, 0.3) is 0 Å². The number of likely N-dealkylation sites (tertiary alicyclic amines) is 1. The maximum absolute atomic E-state index is 12.2. The van der Waals surface area contributed by atoms with E-state index in [4.69, 9.17) is 4.74 Å². The normalized spacial score (nSPS) is 17.7. The largest absolute Gasteiger partial charge is 0.466 e. The molecular weight excluding hydrogens is 232 g/mol. The van der Waals surface area contributed by atoms with Crippen molar-refractivity contribution in [2.24, 2.45) is 5.92 Å². The van der Waals surface area contributed by atoms with Gasteiger partial charge >= 0.3 is 5.97 Å². The molecule has 1 aliphatic rings. The van der Waals surface area contributed by atoms with Crippen LogP contribution >= 0.6 is 0 Å². The molecular formula is C13H24N2O3. The molecule has 1 heterocycles. The number of hydrogen-bond donors (Lipinski definition) is 1. The second-order valence-corrected chi connectivity index (χ2v) is 5.19. The lowest BCUT2D eigenvalue weighted by Crippen LogP contribution is -2.54. The van der Waals surface area contributed by atoms with E-state index < -0.39 is 5.54 Å². The third kappa shape index (κ3) is 3.45. The number of amides is 1. The lowest BCUT2D eigenvalue weighted by atomic mass is 9.94. The van der Waals surface area contributed by atoms with Gasteiger partial charge in [-0.1, -0.05) is 0 Å². The van der Waals surface area contributed by atoms with E-state index in [-0.39, 0.29) is 17.8 Å². The molecule has 0 aliphatic carbocycles. The van der Waals surface area contributed by atoms with Crippen molar-refractivity contribution in [2.45, 2.75) is 39.2 Å². The Labute approximate surface area is 109 Å². The summed E-state index contributed by atoms with van der Waals surface area (Å²) in [5.41, 5.74) is -0.545. The molecule has 1 N–H and O–H groups in total. The third-order valence-corrected chi connectivity index (χ3v) is 3.56. The van der Waals surface area contributed by atoms with E-state index in [1.807, 2.05) is 25.7 Å². The Balaban J connectivity index is 2.49. The molecule has 0 bridgehead atoms. The molecule has 5 nitrogen and oxygen atoms in total. The Morgan fingerprint density at radius 3 is 2.33 bits per heavy atom. The van der Waals surface area contributed by atoms with Crippen LogP contribution in [0.25, 0.3) is 0 Å². The fourth-order valence-electron chi connectivity index (χ4n) is 2.08. The fraction of sp³-hybridized carbons (Fsp3) is 0.846. The molecule has 5 heteroatoms. The first-order valence-electron chi connectivity index (χ1n) is 6.57. The summed E-state index contributed by atoms with van der Waals surface area (Å²) in [6, 6.07) is 0. The van der Waals surface area contributed by atoms with E-state index in [0.29, 0.717) is 32.5 Å². The number of hydrogen-bond acceptors (Lipinski definition) is 4. The van der Waals surface area contributed by atoms with Gasteiger partial charge in [0.2, 0.25) is 5.91 Å². The number of nitrogens with one attached hydrogen (secondary N) is 1. The van der Waals surface area contributed by atoms with Crippen molar-refractivity contribution in [1.82, 2.24) is 10.2 Å². The zero-order valence-electron chi connectivity index (χ0n) is 11.8. The zero-order valence-corrected chi connectivity index (χ0v) is 11.8. The standard InChI is InChI=1S/C13H24N2O3/c1-5-18-11(16)10-6-8-15(9-7-10)12(17)13(2,3)14-4/h10,14H,5-9H2,1-4H3. The van der Waals surface area contributed by atoms with Gasteiger partial charge in [-0.15, -0.1) is 0 Å². The SMILES string of the molecule is CCOC(=O)C1CCN(C(=O)C(C)(C)NC)CC1. The van der Waals surface area contributed by atoms with Crippen LogP contribution in [0, 0.1) is 5.92 Å². The Kier molecular flexibility index (Phi) is 5.14. The highest BCUT2D eigenvalue weighted by molar-refractivity contribution is 5.85. The summed E-state index contributed by atoms with van der Waals surface area (Å²) in [5, 5.41) is 3.01. The Morgan fingerprint density at radius 1 is 1.33 bits per heavy atom. The van der Waals surface area contributed by atoms with Crippen molar-refractivity contribution >= 4 is 11.9 Å². The highest BCUT2D eigenvalue weighted by Gasteiger charge is 2.34. The van der Waals surface area contributed by atoms with Gasteiger partial charge in [-0.3, -0.25) is 9.59 Å². The maximum Gasteiger partial charge on any atom is 0.309 e. The summed E-state index contributed by atoms with van der Waals surface area (Å²) in [6.45, 7) is 7.23. The zero-order chi connectivity index (χ0) is 13.8. The first-order chi connectivity index (χ1) is 8.42. The molecule has 1 rings (SSSR count). The Bertz CT molecular complexity index is 307. The van der Waals surface area contributed by atoms with Gasteiger partial charge in [0, 0.05) is 13.1 Å². The number of ether oxygens (including phenoxy) is 1. The summed E-state index contributed by atoms with van der Waals surface area (Å²) >= 11 is 0. The monoisotopic (exact) mass is 256 g/mol. The summed E-state index contributed by atoms with van der Waals surface area (Å²) < 4.78 is 5.01. The van der Waals surface area contributed by atoms with E-state index in [2.05, 4.69) is 5.32 Å². The average molecular weight is 256 g/mol. The number of rotatable bonds is 4. The Hall–Kier alpha value is -1.10. The topological polar surface area (TPSA) is 58.6 Å². The van der Waals surface area contributed by atoms with Crippen LogP contribution in [0.3, 0.4) is 0 Å². The number of likely N-dealkylation sites (N-methyl/N-ethyl adjacent to an activating group) is 1. The third-order valence-electron chi connectivity index (χ3n) is 3.56. The molecule has 1 aliphatic heterocycles. The van der Waals surface area contributed by atoms with Gasteiger partial charge in [0.15, 0.2) is 0 Å². The quantitative estimate of drug-likeness (QED) is 0.755. The Morgan fingerprint density at radius 2 is 1.89 bits per heavy atom. The van der Waals surface area contributed by atoms with Crippen LogP contribution in [0.2, 0.25) is 0 Å². The van der Waals surface area contributed by atoms with Crippen LogP contribution < -0.4 is 5.32 Å². The van der Waals surface area contributed by atoms with E-state index >= 15 is 0 Å². The second-order valence-electron chi connectivity index (χ2n) is 5.19. The summed E-state index contributed by atoms with van der Waals surface area (Å²) in [6.07, 6.45) is 1.40. The number of carbonyl (C=O) groups excluding carboxylic acids is 2. The average Bonchev–Trinajstić information content (AvgIpc) is 2.38. The van der Waals surface area contributed by atoms with Gasteiger partial charge in [-0.05, 0) is 40.7 Å². The van der Waals surface area contributed by atoms with E-state index in [0.717, 1.165) is 0 Å². The molecule has 1 amide bonds. The molecule has 1 fully saturated rings. The van der Waals surface area contributed by atoms with Crippen LogP contribution in [0.4, 0.5) is 0 Å². The molecule has 0 saturated carbocycles. The minimum Gasteiger partial charge on any atom is -0.466 e. The van der Waals surface area contributed by atoms with E-state index in [1.165, 1.54) is 0 Å². The van der Waals surface area contributed by atoms with Crippen LogP contribution in [0.5, 0.6) is 0 Å². The molecule has 0 aromatic rings. The molecule has 104 valence electrons. The maximum atomic E-state index is 12.2. The lowest BCUT2D eigenvalue weighted by Gasteiger charge is -2.36. The van der Waals surface area contributed by atoms with Gasteiger partial charge < -0.3 is 15.0 Å². The molecule has 0 aromatic carbocycles. The van der Waals surface area contributed by atoms with Crippen molar-refractivity contribution in [1.29, 1.82) is 0 Å². The highest BCUT2D eigenvalue weighted by Crippen LogP contribution is 2.21. The molecule has 0 aromatic heterocycles. The van der Waals surface area contributed by atoms with Gasteiger partial charge in [0.05, 0.1) is 18.1 Å². The number of carbonyl (C=O) groups is 2.